The Hall–Kier alpha value is -3.22. The summed E-state index contributed by atoms with van der Waals surface area (Å²) in [5.41, 5.74) is 3.13. The third-order valence-electron chi connectivity index (χ3n) is 4.40. The maximum atomic E-state index is 12.3. The molecule has 1 aliphatic heterocycles. The Morgan fingerprint density at radius 1 is 1.23 bits per heavy atom. The van der Waals surface area contributed by atoms with Crippen LogP contribution < -0.4 is 10.6 Å². The van der Waals surface area contributed by atoms with Crippen molar-refractivity contribution in [2.24, 2.45) is 0 Å². The highest BCUT2D eigenvalue weighted by Gasteiger charge is 2.24. The zero-order chi connectivity index (χ0) is 17.9. The molecule has 0 spiro atoms. The molecule has 1 amide bonds. The second kappa shape index (κ2) is 6.95. The number of hydrogen-bond donors (Lipinski definition) is 2. The maximum absolute atomic E-state index is 12.3. The van der Waals surface area contributed by atoms with Crippen LogP contribution >= 0.6 is 0 Å². The zero-order valence-electron chi connectivity index (χ0n) is 14.6. The normalized spacial score (nSPS) is 13.2. The Bertz CT molecular complexity index is 934. The number of amides is 1. The lowest BCUT2D eigenvalue weighted by atomic mass is 10.1. The Balaban J connectivity index is 1.69. The smallest absolute Gasteiger partial charge is 0.270 e. The zero-order valence-corrected chi connectivity index (χ0v) is 14.6. The fourth-order valence-corrected chi connectivity index (χ4v) is 3.00. The monoisotopic (exact) mass is 348 g/mol. The molecule has 0 saturated carbocycles. The van der Waals surface area contributed by atoms with Gasteiger partial charge in [-0.05, 0) is 13.3 Å². The molecular formula is C19H20N6O. The number of benzene rings is 1. The summed E-state index contributed by atoms with van der Waals surface area (Å²) in [6.07, 6.45) is 4.53. The molecule has 7 heteroatoms. The van der Waals surface area contributed by atoms with Crippen molar-refractivity contribution in [1.29, 1.82) is 0 Å². The van der Waals surface area contributed by atoms with Crippen LogP contribution in [0.15, 0.2) is 42.9 Å². The Kier molecular flexibility index (Phi) is 4.35. The molecule has 1 aromatic carbocycles. The summed E-state index contributed by atoms with van der Waals surface area (Å²) in [5, 5.41) is 6.21. The number of carbonyl (C=O) groups excluding carboxylic acids is 1. The molecule has 0 aliphatic carbocycles. The van der Waals surface area contributed by atoms with E-state index in [0.29, 0.717) is 36.8 Å². The van der Waals surface area contributed by atoms with Gasteiger partial charge < -0.3 is 15.2 Å². The minimum atomic E-state index is -0.149. The van der Waals surface area contributed by atoms with Crippen molar-refractivity contribution in [2.45, 2.75) is 26.4 Å². The van der Waals surface area contributed by atoms with Crippen LogP contribution in [0, 0.1) is 0 Å². The lowest BCUT2D eigenvalue weighted by molar-refractivity contribution is 0.0940. The molecule has 7 nitrogen and oxygen atoms in total. The predicted octanol–water partition coefficient (Wildman–Crippen LogP) is 2.26. The number of rotatable bonds is 5. The van der Waals surface area contributed by atoms with Crippen molar-refractivity contribution in [1.82, 2.24) is 24.8 Å². The first-order valence-corrected chi connectivity index (χ1v) is 8.73. The quantitative estimate of drug-likeness (QED) is 0.739. The van der Waals surface area contributed by atoms with Gasteiger partial charge in [-0.2, -0.15) is 0 Å². The summed E-state index contributed by atoms with van der Waals surface area (Å²) in [6.45, 7) is 4.10. The first kappa shape index (κ1) is 16.3. The van der Waals surface area contributed by atoms with Gasteiger partial charge >= 0.3 is 0 Å². The van der Waals surface area contributed by atoms with Crippen molar-refractivity contribution < 1.29 is 4.79 Å². The number of imidazole rings is 1. The second-order valence-electron chi connectivity index (χ2n) is 6.14. The van der Waals surface area contributed by atoms with E-state index in [1.54, 1.807) is 0 Å². The van der Waals surface area contributed by atoms with Crippen LogP contribution in [0.1, 0.15) is 28.7 Å². The molecule has 3 aromatic rings. The summed E-state index contributed by atoms with van der Waals surface area (Å²) >= 11 is 0. The molecule has 26 heavy (non-hydrogen) atoms. The van der Waals surface area contributed by atoms with Crippen LogP contribution in [0.5, 0.6) is 0 Å². The highest BCUT2D eigenvalue weighted by Crippen LogP contribution is 2.25. The van der Waals surface area contributed by atoms with Gasteiger partial charge in [-0.25, -0.2) is 15.0 Å². The molecule has 2 aromatic heterocycles. The van der Waals surface area contributed by atoms with Crippen LogP contribution in [-0.2, 0) is 19.5 Å². The molecule has 0 fully saturated rings. The van der Waals surface area contributed by atoms with Crippen LogP contribution in [0.3, 0.4) is 0 Å². The average Bonchev–Trinajstić information content (AvgIpc) is 3.15. The first-order chi connectivity index (χ1) is 12.7. The SMILES string of the molecule is CCn1cnc(CNc2nc(-c3ccccc3)nc3c2CCNC3=O)c1. The lowest BCUT2D eigenvalue weighted by Crippen LogP contribution is -2.34. The van der Waals surface area contributed by atoms with Crippen molar-refractivity contribution >= 4 is 11.7 Å². The Morgan fingerprint density at radius 3 is 2.85 bits per heavy atom. The van der Waals surface area contributed by atoms with E-state index in [9.17, 15) is 4.79 Å². The standard InChI is InChI=1S/C19H20N6O/c1-2-25-11-14(22-12-25)10-21-18-15-8-9-20-19(26)16(15)23-17(24-18)13-6-4-3-5-7-13/h3-7,11-12H,2,8-10H2,1H3,(H,20,26)(H,21,23,24). The van der Waals surface area contributed by atoms with Crippen molar-refractivity contribution in [2.75, 3.05) is 11.9 Å². The Labute approximate surface area is 151 Å². The largest absolute Gasteiger partial charge is 0.364 e. The minimum Gasteiger partial charge on any atom is -0.364 e. The predicted molar refractivity (Wildman–Crippen MR) is 98.7 cm³/mol. The fraction of sp³-hybridized carbons (Fsp3) is 0.263. The number of nitrogens with zero attached hydrogens (tertiary/aromatic N) is 4. The highest BCUT2D eigenvalue weighted by molar-refractivity contribution is 5.96. The number of aryl methyl sites for hydroxylation is 1. The van der Waals surface area contributed by atoms with Gasteiger partial charge in [0.25, 0.3) is 5.91 Å². The third kappa shape index (κ3) is 3.15. The lowest BCUT2D eigenvalue weighted by Gasteiger charge is -2.20. The number of fused-ring (bicyclic) bond motifs is 1. The second-order valence-corrected chi connectivity index (χ2v) is 6.14. The van der Waals surface area contributed by atoms with Gasteiger partial charge in [-0.3, -0.25) is 4.79 Å². The van der Waals surface area contributed by atoms with Gasteiger partial charge in [0.2, 0.25) is 0 Å². The number of anilines is 1. The summed E-state index contributed by atoms with van der Waals surface area (Å²) in [4.78, 5) is 25.9. The topological polar surface area (TPSA) is 84.7 Å². The third-order valence-corrected chi connectivity index (χ3v) is 4.40. The number of hydrogen-bond acceptors (Lipinski definition) is 5. The first-order valence-electron chi connectivity index (χ1n) is 8.73. The molecule has 0 unspecified atom stereocenters. The van der Waals surface area contributed by atoms with Crippen molar-refractivity contribution in [3.05, 3.63) is 59.8 Å². The number of nitrogens with one attached hydrogen (secondary N) is 2. The van der Waals surface area contributed by atoms with Gasteiger partial charge in [0.05, 0.1) is 18.6 Å². The summed E-state index contributed by atoms with van der Waals surface area (Å²) in [6, 6.07) is 9.69. The highest BCUT2D eigenvalue weighted by atomic mass is 16.1. The van der Waals surface area contributed by atoms with E-state index < -0.39 is 0 Å². The summed E-state index contributed by atoms with van der Waals surface area (Å²) in [7, 11) is 0. The van der Waals surface area contributed by atoms with E-state index in [0.717, 1.165) is 23.4 Å². The molecule has 0 radical (unpaired) electrons. The van der Waals surface area contributed by atoms with E-state index >= 15 is 0 Å². The molecule has 4 rings (SSSR count). The van der Waals surface area contributed by atoms with Gasteiger partial charge in [0.15, 0.2) is 5.82 Å². The molecule has 0 atom stereocenters. The van der Waals surface area contributed by atoms with Crippen LogP contribution in [-0.4, -0.2) is 32.0 Å². The van der Waals surface area contributed by atoms with E-state index in [4.69, 9.17) is 4.98 Å². The van der Waals surface area contributed by atoms with Gasteiger partial charge in [0, 0.05) is 30.4 Å². The van der Waals surface area contributed by atoms with E-state index in [2.05, 4.69) is 27.5 Å². The molecule has 2 N–H and O–H groups in total. The fourth-order valence-electron chi connectivity index (χ4n) is 3.00. The van der Waals surface area contributed by atoms with Crippen LogP contribution in [0.25, 0.3) is 11.4 Å². The molecular weight excluding hydrogens is 328 g/mol. The van der Waals surface area contributed by atoms with Gasteiger partial charge in [-0.15, -0.1) is 0 Å². The number of aromatic nitrogens is 4. The van der Waals surface area contributed by atoms with Gasteiger partial charge in [0.1, 0.15) is 11.5 Å². The molecule has 3 heterocycles. The molecule has 1 aliphatic rings. The van der Waals surface area contributed by atoms with E-state index in [1.807, 2.05) is 47.4 Å². The summed E-state index contributed by atoms with van der Waals surface area (Å²) < 4.78 is 2.02. The Morgan fingerprint density at radius 2 is 2.08 bits per heavy atom. The van der Waals surface area contributed by atoms with Crippen molar-refractivity contribution in [3.8, 4) is 11.4 Å². The van der Waals surface area contributed by atoms with Crippen LogP contribution in [0.2, 0.25) is 0 Å². The maximum Gasteiger partial charge on any atom is 0.270 e. The average molecular weight is 348 g/mol. The molecule has 0 bridgehead atoms. The molecule has 132 valence electrons. The molecule has 0 saturated heterocycles. The van der Waals surface area contributed by atoms with E-state index in [-0.39, 0.29) is 5.91 Å². The minimum absolute atomic E-state index is 0.149. The summed E-state index contributed by atoms with van der Waals surface area (Å²) in [5.74, 6) is 1.10. The van der Waals surface area contributed by atoms with Crippen molar-refractivity contribution in [3.63, 3.8) is 0 Å². The van der Waals surface area contributed by atoms with Gasteiger partial charge in [-0.1, -0.05) is 30.3 Å². The number of carbonyl (C=O) groups is 1. The van der Waals surface area contributed by atoms with E-state index in [1.165, 1.54) is 0 Å². The van der Waals surface area contributed by atoms with Crippen LogP contribution in [0.4, 0.5) is 5.82 Å².